The van der Waals surface area contributed by atoms with Crippen LogP contribution in [0.4, 0.5) is 0 Å². The second-order valence-corrected chi connectivity index (χ2v) is 4.77. The first-order chi connectivity index (χ1) is 8.50. The van der Waals surface area contributed by atoms with Gasteiger partial charge in [0.2, 0.25) is 0 Å². The monoisotopic (exact) mass is 262 g/mol. The summed E-state index contributed by atoms with van der Waals surface area (Å²) in [6.45, 7) is 1.80. The molecule has 1 aromatic carbocycles. The standard InChI is InChI=1S/C14H15ClN2O/c1-9(16)12-7-8-13(17(2)14(12)18)10-3-5-11(15)6-4-10/h3-9H,16H2,1-2H3. The topological polar surface area (TPSA) is 48.0 Å². The molecule has 0 aliphatic rings. The van der Waals surface area contributed by atoms with Gasteiger partial charge in [0.15, 0.2) is 0 Å². The molecule has 1 aromatic heterocycles. The second-order valence-electron chi connectivity index (χ2n) is 4.33. The molecule has 1 heterocycles. The highest BCUT2D eigenvalue weighted by Gasteiger charge is 2.10. The van der Waals surface area contributed by atoms with Crippen molar-refractivity contribution in [3.05, 3.63) is 57.3 Å². The van der Waals surface area contributed by atoms with E-state index in [0.29, 0.717) is 10.6 Å². The quantitative estimate of drug-likeness (QED) is 0.905. The summed E-state index contributed by atoms with van der Waals surface area (Å²) in [5, 5.41) is 0.677. The van der Waals surface area contributed by atoms with Gasteiger partial charge in [-0.15, -0.1) is 0 Å². The summed E-state index contributed by atoms with van der Waals surface area (Å²) in [5.41, 5.74) is 8.13. The smallest absolute Gasteiger partial charge is 0.255 e. The van der Waals surface area contributed by atoms with Crippen LogP contribution in [0.15, 0.2) is 41.2 Å². The fourth-order valence-corrected chi connectivity index (χ4v) is 2.04. The van der Waals surface area contributed by atoms with Crippen LogP contribution in [0.3, 0.4) is 0 Å². The molecule has 3 nitrogen and oxygen atoms in total. The number of nitrogens with zero attached hydrogens (tertiary/aromatic N) is 1. The molecule has 0 aliphatic heterocycles. The minimum absolute atomic E-state index is 0.0579. The van der Waals surface area contributed by atoms with Gasteiger partial charge in [-0.2, -0.15) is 0 Å². The van der Waals surface area contributed by atoms with E-state index < -0.39 is 0 Å². The van der Waals surface area contributed by atoms with E-state index in [2.05, 4.69) is 0 Å². The zero-order valence-corrected chi connectivity index (χ0v) is 11.1. The van der Waals surface area contributed by atoms with Crippen molar-refractivity contribution < 1.29 is 0 Å². The number of rotatable bonds is 2. The van der Waals surface area contributed by atoms with E-state index >= 15 is 0 Å². The van der Waals surface area contributed by atoms with E-state index in [4.69, 9.17) is 17.3 Å². The van der Waals surface area contributed by atoms with Gasteiger partial charge < -0.3 is 10.3 Å². The molecule has 18 heavy (non-hydrogen) atoms. The van der Waals surface area contributed by atoms with Gasteiger partial charge in [-0.25, -0.2) is 0 Å². The van der Waals surface area contributed by atoms with Crippen LogP contribution in [-0.2, 0) is 7.05 Å². The van der Waals surface area contributed by atoms with Gasteiger partial charge in [0.1, 0.15) is 0 Å². The zero-order valence-electron chi connectivity index (χ0n) is 10.4. The second kappa shape index (κ2) is 4.96. The predicted molar refractivity (Wildman–Crippen MR) is 74.7 cm³/mol. The van der Waals surface area contributed by atoms with Gasteiger partial charge in [0.25, 0.3) is 5.56 Å². The molecule has 2 rings (SSSR count). The van der Waals surface area contributed by atoms with Crippen LogP contribution in [0.5, 0.6) is 0 Å². The molecule has 0 aliphatic carbocycles. The lowest BCUT2D eigenvalue weighted by molar-refractivity contribution is 0.760. The van der Waals surface area contributed by atoms with Gasteiger partial charge in [0, 0.05) is 23.7 Å². The van der Waals surface area contributed by atoms with Gasteiger partial charge in [-0.05, 0) is 36.8 Å². The van der Waals surface area contributed by atoms with Crippen molar-refractivity contribution in [2.24, 2.45) is 12.8 Å². The predicted octanol–water partition coefficient (Wildman–Crippen LogP) is 2.73. The highest BCUT2D eigenvalue weighted by molar-refractivity contribution is 6.30. The van der Waals surface area contributed by atoms with E-state index in [9.17, 15) is 4.79 Å². The molecule has 2 aromatic rings. The van der Waals surface area contributed by atoms with Crippen molar-refractivity contribution in [3.8, 4) is 11.3 Å². The largest absolute Gasteiger partial charge is 0.324 e. The van der Waals surface area contributed by atoms with Crippen LogP contribution < -0.4 is 11.3 Å². The highest BCUT2D eigenvalue weighted by Crippen LogP contribution is 2.20. The molecule has 94 valence electrons. The average Bonchev–Trinajstić information content (AvgIpc) is 2.33. The Bertz CT molecular complexity index is 615. The minimum atomic E-state index is -0.261. The Balaban J connectivity index is 2.57. The normalized spacial score (nSPS) is 12.4. The first-order valence-electron chi connectivity index (χ1n) is 5.72. The van der Waals surface area contributed by atoms with E-state index in [1.165, 1.54) is 0 Å². The fraction of sp³-hybridized carbons (Fsp3) is 0.214. The van der Waals surface area contributed by atoms with Crippen molar-refractivity contribution >= 4 is 11.6 Å². The lowest BCUT2D eigenvalue weighted by Gasteiger charge is -2.12. The summed E-state index contributed by atoms with van der Waals surface area (Å²) in [4.78, 5) is 12.1. The highest BCUT2D eigenvalue weighted by atomic mass is 35.5. The van der Waals surface area contributed by atoms with Gasteiger partial charge in [-0.1, -0.05) is 23.7 Å². The third kappa shape index (κ3) is 2.33. The van der Waals surface area contributed by atoms with E-state index in [1.54, 1.807) is 36.7 Å². The zero-order chi connectivity index (χ0) is 13.3. The number of hydrogen-bond donors (Lipinski definition) is 1. The molecule has 0 saturated heterocycles. The number of pyridine rings is 1. The Hall–Kier alpha value is -1.58. The molecule has 0 saturated carbocycles. The van der Waals surface area contributed by atoms with Crippen molar-refractivity contribution in [3.63, 3.8) is 0 Å². The Morgan fingerprint density at radius 1 is 1.17 bits per heavy atom. The molecular weight excluding hydrogens is 248 g/mol. The maximum absolute atomic E-state index is 12.1. The van der Waals surface area contributed by atoms with Crippen molar-refractivity contribution in [1.29, 1.82) is 0 Å². The van der Waals surface area contributed by atoms with E-state index in [0.717, 1.165) is 11.3 Å². The van der Waals surface area contributed by atoms with Crippen LogP contribution >= 0.6 is 11.6 Å². The third-order valence-corrected chi connectivity index (χ3v) is 3.22. The van der Waals surface area contributed by atoms with Crippen LogP contribution in [-0.4, -0.2) is 4.57 Å². The van der Waals surface area contributed by atoms with E-state index in [1.807, 2.05) is 18.2 Å². The minimum Gasteiger partial charge on any atom is -0.324 e. The first kappa shape index (κ1) is 12.9. The molecular formula is C14H15ClN2O. The molecule has 2 N–H and O–H groups in total. The fourth-order valence-electron chi connectivity index (χ4n) is 1.91. The van der Waals surface area contributed by atoms with Crippen molar-refractivity contribution in [2.45, 2.75) is 13.0 Å². The molecule has 1 atom stereocenters. The number of aromatic nitrogens is 1. The lowest BCUT2D eigenvalue weighted by atomic mass is 10.1. The molecule has 1 unspecified atom stereocenters. The summed E-state index contributed by atoms with van der Waals surface area (Å²) in [7, 11) is 1.75. The van der Waals surface area contributed by atoms with Crippen LogP contribution in [0.2, 0.25) is 5.02 Å². The van der Waals surface area contributed by atoms with Crippen LogP contribution in [0, 0.1) is 0 Å². The van der Waals surface area contributed by atoms with Crippen molar-refractivity contribution in [2.75, 3.05) is 0 Å². The van der Waals surface area contributed by atoms with Crippen LogP contribution in [0.1, 0.15) is 18.5 Å². The summed E-state index contributed by atoms with van der Waals surface area (Å²) in [5.74, 6) is 0. The van der Waals surface area contributed by atoms with Crippen LogP contribution in [0.25, 0.3) is 11.3 Å². The van der Waals surface area contributed by atoms with Gasteiger partial charge in [-0.3, -0.25) is 4.79 Å². The SMILES string of the molecule is CC(N)c1ccc(-c2ccc(Cl)cc2)n(C)c1=O. The summed E-state index contributed by atoms with van der Waals surface area (Å²) >= 11 is 5.85. The molecule has 4 heteroatoms. The summed E-state index contributed by atoms with van der Waals surface area (Å²) in [6.07, 6.45) is 0. The maximum Gasteiger partial charge on any atom is 0.255 e. The lowest BCUT2D eigenvalue weighted by Crippen LogP contribution is -2.26. The molecule has 0 amide bonds. The number of nitrogens with two attached hydrogens (primary N) is 1. The van der Waals surface area contributed by atoms with E-state index in [-0.39, 0.29) is 11.6 Å². The number of benzene rings is 1. The molecule has 0 bridgehead atoms. The van der Waals surface area contributed by atoms with Crippen molar-refractivity contribution in [1.82, 2.24) is 4.57 Å². The molecule has 0 fully saturated rings. The van der Waals surface area contributed by atoms with Gasteiger partial charge in [0.05, 0.1) is 5.69 Å². The Labute approximate surface area is 111 Å². The van der Waals surface area contributed by atoms with Gasteiger partial charge >= 0.3 is 0 Å². The summed E-state index contributed by atoms with van der Waals surface area (Å²) in [6, 6.07) is 10.8. The summed E-state index contributed by atoms with van der Waals surface area (Å²) < 4.78 is 1.61. The number of halogens is 1. The Morgan fingerprint density at radius 3 is 2.33 bits per heavy atom. The molecule has 0 radical (unpaired) electrons. The molecule has 0 spiro atoms. The average molecular weight is 263 g/mol. The maximum atomic E-state index is 12.1. The number of hydrogen-bond acceptors (Lipinski definition) is 2. The third-order valence-electron chi connectivity index (χ3n) is 2.96. The first-order valence-corrected chi connectivity index (χ1v) is 6.10. The Kier molecular flexibility index (Phi) is 3.55. The Morgan fingerprint density at radius 2 is 1.78 bits per heavy atom.